The Morgan fingerprint density at radius 1 is 0.892 bits per heavy atom. The predicted molar refractivity (Wildman–Crippen MR) is 126 cm³/mol. The molecule has 8 rings (SSSR count). The Balaban J connectivity index is 1.11. The van der Waals surface area contributed by atoms with E-state index < -0.39 is 40.1 Å². The largest absolute Gasteiger partial charge is 0.457 e. The van der Waals surface area contributed by atoms with Gasteiger partial charge in [0.1, 0.15) is 29.9 Å². The van der Waals surface area contributed by atoms with Crippen LogP contribution in [-0.4, -0.2) is 45.9 Å². The van der Waals surface area contributed by atoms with Crippen LogP contribution in [0.3, 0.4) is 0 Å². The Morgan fingerprint density at radius 2 is 1.46 bits per heavy atom. The molecule has 8 bridgehead atoms. The molecule has 37 heavy (non-hydrogen) atoms. The van der Waals surface area contributed by atoms with E-state index in [4.69, 9.17) is 19.5 Å². The number of ether oxygens (including phenoxy) is 3. The van der Waals surface area contributed by atoms with Crippen LogP contribution in [-0.2, 0) is 33.2 Å². The summed E-state index contributed by atoms with van der Waals surface area (Å²) in [7, 11) is 0. The first kappa shape index (κ1) is 26.2. The fraction of sp³-hybridized carbons (Fsp3) is 0.923. The molecule has 1 N–H and O–H groups in total. The van der Waals surface area contributed by atoms with E-state index in [1.165, 1.54) is 6.42 Å². The number of esters is 2. The lowest BCUT2D eigenvalue weighted by Crippen LogP contribution is -2.62. The number of rotatable bonds is 10. The first-order valence-corrected chi connectivity index (χ1v) is 14.5. The zero-order chi connectivity index (χ0) is 26.1. The van der Waals surface area contributed by atoms with Gasteiger partial charge in [0.05, 0.1) is 5.60 Å². The molecule has 0 aromatic heterocycles. The van der Waals surface area contributed by atoms with E-state index in [0.717, 1.165) is 63.2 Å². The highest BCUT2D eigenvalue weighted by Gasteiger charge is 2.63. The minimum atomic E-state index is -4.04. The highest BCUT2D eigenvalue weighted by Crippen LogP contribution is 2.62. The summed E-state index contributed by atoms with van der Waals surface area (Å²) in [6.07, 6.45) is 10.4. The Labute approximate surface area is 219 Å². The molecule has 0 aromatic carbocycles. The summed E-state index contributed by atoms with van der Waals surface area (Å²) in [6.45, 7) is 1.95. The van der Waals surface area contributed by atoms with Crippen molar-refractivity contribution in [2.45, 2.75) is 106 Å². The second-order valence-electron chi connectivity index (χ2n) is 12.8. The summed E-state index contributed by atoms with van der Waals surface area (Å²) in [5.74, 6) is 0.676. The molecule has 2 unspecified atom stereocenters. The van der Waals surface area contributed by atoms with Gasteiger partial charge in [-0.2, -0.15) is 8.78 Å². The molecule has 0 radical (unpaired) electrons. The van der Waals surface area contributed by atoms with Gasteiger partial charge in [0, 0.05) is 6.42 Å². The van der Waals surface area contributed by atoms with Gasteiger partial charge in [-0.05, 0) is 106 Å². The van der Waals surface area contributed by atoms with Crippen LogP contribution in [0.1, 0.15) is 84.0 Å². The molecule has 8 fully saturated rings. The third kappa shape index (κ3) is 4.60. The van der Waals surface area contributed by atoms with Crippen LogP contribution in [0, 0.1) is 35.5 Å². The first-order valence-electron chi connectivity index (χ1n) is 13.7. The second-order valence-corrected chi connectivity index (χ2v) is 13.7. The summed E-state index contributed by atoms with van der Waals surface area (Å²) in [6, 6.07) is 0. The SMILES string of the molecule is CCC1(OC(=O)COC23CC4CC(C2)CC(OC(=O)C(F)(F)SOOO)(C4)C3)C2CC3CC(C2)CC1C3. The summed E-state index contributed by atoms with van der Waals surface area (Å²) in [4.78, 5) is 25.5. The smallest absolute Gasteiger partial charge is 0.415 e. The van der Waals surface area contributed by atoms with Gasteiger partial charge in [-0.25, -0.2) is 14.8 Å². The zero-order valence-electron chi connectivity index (χ0n) is 21.1. The summed E-state index contributed by atoms with van der Waals surface area (Å²) in [5, 5.41) is 7.32. The van der Waals surface area contributed by atoms with Crippen molar-refractivity contribution >= 4 is 24.0 Å². The van der Waals surface area contributed by atoms with Gasteiger partial charge in [0.15, 0.2) is 0 Å². The van der Waals surface area contributed by atoms with Crippen LogP contribution in [0.5, 0.6) is 0 Å². The van der Waals surface area contributed by atoms with Crippen LogP contribution < -0.4 is 0 Å². The highest BCUT2D eigenvalue weighted by atomic mass is 32.2. The van der Waals surface area contributed by atoms with Crippen molar-refractivity contribution in [2.24, 2.45) is 35.5 Å². The van der Waals surface area contributed by atoms with Crippen LogP contribution in [0.2, 0.25) is 0 Å². The Hall–Kier alpha value is -1.01. The zero-order valence-corrected chi connectivity index (χ0v) is 21.9. The van der Waals surface area contributed by atoms with E-state index in [1.54, 1.807) is 0 Å². The molecule has 0 heterocycles. The molecule has 0 saturated heterocycles. The summed E-state index contributed by atoms with van der Waals surface area (Å²) in [5.41, 5.74) is -2.16. The quantitative estimate of drug-likeness (QED) is 0.166. The fourth-order valence-electron chi connectivity index (χ4n) is 9.98. The topological polar surface area (TPSA) is 101 Å². The monoisotopic (exact) mass is 546 g/mol. The lowest BCUT2D eigenvalue weighted by Gasteiger charge is -2.61. The number of carbonyl (C=O) groups is 2. The molecule has 8 aliphatic carbocycles. The molecular weight excluding hydrogens is 510 g/mol. The molecule has 0 aromatic rings. The maximum Gasteiger partial charge on any atom is 0.415 e. The summed E-state index contributed by atoms with van der Waals surface area (Å²) < 4.78 is 50.1. The first-order chi connectivity index (χ1) is 17.6. The van der Waals surface area contributed by atoms with E-state index >= 15 is 0 Å². The number of halogens is 2. The van der Waals surface area contributed by atoms with Crippen LogP contribution in [0.25, 0.3) is 0 Å². The minimum absolute atomic E-state index is 0.175. The van der Waals surface area contributed by atoms with Crippen molar-refractivity contribution in [1.82, 2.24) is 0 Å². The van der Waals surface area contributed by atoms with Gasteiger partial charge in [-0.3, -0.25) is 0 Å². The third-order valence-corrected chi connectivity index (χ3v) is 11.0. The normalized spacial score (nSPS) is 45.3. The number of hydrogen-bond acceptors (Lipinski definition) is 9. The van der Waals surface area contributed by atoms with E-state index in [1.807, 2.05) is 0 Å². The Morgan fingerprint density at radius 3 is 2.03 bits per heavy atom. The van der Waals surface area contributed by atoms with Crippen molar-refractivity contribution in [2.75, 3.05) is 6.61 Å². The average Bonchev–Trinajstić information content (AvgIpc) is 2.82. The highest BCUT2D eigenvalue weighted by molar-refractivity contribution is 7.96. The van der Waals surface area contributed by atoms with Crippen molar-refractivity contribution < 1.29 is 47.2 Å². The molecule has 2 atom stereocenters. The number of alkyl halides is 2. The molecule has 0 spiro atoms. The molecule has 8 aliphatic rings. The number of carbonyl (C=O) groups excluding carboxylic acids is 2. The van der Waals surface area contributed by atoms with Gasteiger partial charge in [-0.1, -0.05) is 12.0 Å². The molecule has 208 valence electrons. The molecule has 0 amide bonds. The van der Waals surface area contributed by atoms with E-state index in [-0.39, 0.29) is 30.8 Å². The maximum absolute atomic E-state index is 14.1. The van der Waals surface area contributed by atoms with Gasteiger partial charge >= 0.3 is 17.2 Å². The van der Waals surface area contributed by atoms with E-state index in [9.17, 15) is 18.4 Å². The van der Waals surface area contributed by atoms with Gasteiger partial charge in [-0.15, -0.1) is 4.33 Å². The standard InChI is InChI=1S/C26H36F2O8S/c1-2-25(19-5-15-3-16(7-19)8-20(25)6-15)33-21(29)13-32-23-9-17-4-18(10-23)12-24(11-17,14-23)34-22(30)26(27,28)37-36-35-31/h15-20,31H,2-14H2,1H3. The Kier molecular flexibility index (Phi) is 6.58. The molecule has 0 aliphatic heterocycles. The second kappa shape index (κ2) is 9.28. The van der Waals surface area contributed by atoms with Crippen molar-refractivity contribution in [3.63, 3.8) is 0 Å². The fourth-order valence-corrected chi connectivity index (χ4v) is 10.2. The lowest BCUT2D eigenvalue weighted by molar-refractivity contribution is -0.433. The van der Waals surface area contributed by atoms with Crippen LogP contribution >= 0.6 is 12.0 Å². The minimum Gasteiger partial charge on any atom is -0.457 e. The van der Waals surface area contributed by atoms with Crippen molar-refractivity contribution in [1.29, 1.82) is 0 Å². The number of hydrogen-bond donors (Lipinski definition) is 1. The van der Waals surface area contributed by atoms with Gasteiger partial charge in [0.25, 0.3) is 0 Å². The van der Waals surface area contributed by atoms with Crippen LogP contribution in [0.15, 0.2) is 0 Å². The predicted octanol–water partition coefficient (Wildman–Crippen LogP) is 5.45. The average molecular weight is 547 g/mol. The van der Waals surface area contributed by atoms with E-state index in [2.05, 4.69) is 16.3 Å². The molecule has 8 saturated carbocycles. The van der Waals surface area contributed by atoms with E-state index in [0.29, 0.717) is 24.7 Å². The molecule has 8 nitrogen and oxygen atoms in total. The third-order valence-electron chi connectivity index (χ3n) is 10.5. The molecule has 11 heteroatoms. The Bertz CT molecular complexity index is 886. The summed E-state index contributed by atoms with van der Waals surface area (Å²) >= 11 is -0.616. The van der Waals surface area contributed by atoms with Gasteiger partial charge in [0.2, 0.25) is 0 Å². The van der Waals surface area contributed by atoms with Gasteiger partial charge < -0.3 is 14.2 Å². The lowest BCUT2D eigenvalue weighted by atomic mass is 9.49. The van der Waals surface area contributed by atoms with Crippen LogP contribution in [0.4, 0.5) is 8.78 Å². The maximum atomic E-state index is 14.1. The van der Waals surface area contributed by atoms with Crippen molar-refractivity contribution in [3.8, 4) is 0 Å². The van der Waals surface area contributed by atoms with Crippen molar-refractivity contribution in [3.05, 3.63) is 0 Å². The molecular formula is C26H36F2O8S.